The van der Waals surface area contributed by atoms with E-state index < -0.39 is 9.70 Å². The van der Waals surface area contributed by atoms with Gasteiger partial charge in [0.25, 0.3) is 9.70 Å². The molecule has 0 radical (unpaired) electrons. The lowest BCUT2D eigenvalue weighted by atomic mass is 10.1. The molecule has 0 saturated heterocycles. The number of amides is 1. The molecule has 0 aliphatic rings. The Balaban J connectivity index is 1.97. The summed E-state index contributed by atoms with van der Waals surface area (Å²) in [4.78, 5) is 11.5. The maximum Gasteiger partial charge on any atom is 0.272 e. The highest BCUT2D eigenvalue weighted by molar-refractivity contribution is 6.76. The fourth-order valence-corrected chi connectivity index (χ4v) is 2.35. The van der Waals surface area contributed by atoms with Crippen LogP contribution in [0.3, 0.4) is 0 Å². The number of hydrogen-bond donors (Lipinski definition) is 1. The van der Waals surface area contributed by atoms with Crippen LogP contribution in [0.4, 0.5) is 0 Å². The van der Waals surface area contributed by atoms with Gasteiger partial charge in [-0.2, -0.15) is 0 Å². The summed E-state index contributed by atoms with van der Waals surface area (Å²) in [6.07, 6.45) is 0.568. The minimum Gasteiger partial charge on any atom is -0.493 e. The zero-order valence-corrected chi connectivity index (χ0v) is 15.9. The molecule has 7 heteroatoms. The van der Waals surface area contributed by atoms with Gasteiger partial charge in [-0.05, 0) is 29.7 Å². The first-order valence-electron chi connectivity index (χ1n) is 7.59. The first-order valence-corrected chi connectivity index (χ1v) is 8.72. The van der Waals surface area contributed by atoms with Gasteiger partial charge < -0.3 is 14.8 Å². The summed E-state index contributed by atoms with van der Waals surface area (Å²) in [5.74, 6) is 0.633. The Morgan fingerprint density at radius 3 is 2.40 bits per heavy atom. The number of carbonyl (C=O) groups excluding carboxylic acids is 1. The molecule has 134 valence electrons. The van der Waals surface area contributed by atoms with Gasteiger partial charge >= 0.3 is 0 Å². The molecule has 0 fully saturated rings. The van der Waals surface area contributed by atoms with Gasteiger partial charge in [-0.3, -0.25) is 4.79 Å². The minimum atomic E-state index is -1.95. The third-order valence-corrected chi connectivity index (χ3v) is 3.94. The second kappa shape index (κ2) is 9.18. The molecule has 0 atom stereocenters. The van der Waals surface area contributed by atoms with Crippen LogP contribution in [0, 0.1) is 0 Å². The van der Waals surface area contributed by atoms with Crippen molar-refractivity contribution in [1.29, 1.82) is 0 Å². The molecule has 0 unspecified atom stereocenters. The van der Waals surface area contributed by atoms with E-state index in [9.17, 15) is 4.79 Å². The lowest BCUT2D eigenvalue weighted by molar-refractivity contribution is -0.120. The summed E-state index contributed by atoms with van der Waals surface area (Å²) in [7, 11) is 1.59. The quantitative estimate of drug-likeness (QED) is 0.702. The fourth-order valence-electron chi connectivity index (χ4n) is 2.15. The molecule has 0 heterocycles. The molecule has 0 aliphatic carbocycles. The van der Waals surface area contributed by atoms with Gasteiger partial charge in [-0.25, -0.2) is 0 Å². The highest BCUT2D eigenvalue weighted by Crippen LogP contribution is 2.29. The number of benzene rings is 2. The third kappa shape index (κ3) is 6.31. The highest BCUT2D eigenvalue weighted by Gasteiger charge is 2.29. The van der Waals surface area contributed by atoms with Crippen LogP contribution in [0.2, 0.25) is 0 Å². The van der Waals surface area contributed by atoms with Gasteiger partial charge in [0.05, 0.1) is 7.11 Å². The number of ether oxygens (including phenoxy) is 2. The van der Waals surface area contributed by atoms with Crippen molar-refractivity contribution < 1.29 is 14.3 Å². The third-order valence-electron chi connectivity index (χ3n) is 3.42. The van der Waals surface area contributed by atoms with E-state index in [2.05, 4.69) is 5.32 Å². The molecular weight excluding hydrogens is 385 g/mol. The molecule has 0 aromatic heterocycles. The lowest BCUT2D eigenvalue weighted by Crippen LogP contribution is -2.35. The van der Waals surface area contributed by atoms with Gasteiger partial charge in [0, 0.05) is 6.54 Å². The van der Waals surface area contributed by atoms with Gasteiger partial charge in [0.1, 0.15) is 6.61 Å². The van der Waals surface area contributed by atoms with Crippen molar-refractivity contribution in [3.05, 3.63) is 59.7 Å². The monoisotopic (exact) mass is 401 g/mol. The van der Waals surface area contributed by atoms with Crippen molar-refractivity contribution in [3.8, 4) is 11.5 Å². The molecular formula is C18H18Cl3NO3. The second-order valence-electron chi connectivity index (χ2n) is 5.26. The standard InChI is InChI=1S/C18H18Cl3NO3/c1-24-15-8-7-13(9-10-22-17(23)18(19,20)21)11-16(15)25-12-14-5-3-2-4-6-14/h2-8,11H,9-10,12H2,1H3,(H,22,23). The van der Waals surface area contributed by atoms with Crippen LogP contribution in [0.1, 0.15) is 11.1 Å². The Labute approximate surface area is 162 Å². The lowest BCUT2D eigenvalue weighted by Gasteiger charge is -2.14. The molecule has 1 N–H and O–H groups in total. The van der Waals surface area contributed by atoms with E-state index in [4.69, 9.17) is 44.3 Å². The van der Waals surface area contributed by atoms with Crippen LogP contribution in [0.25, 0.3) is 0 Å². The van der Waals surface area contributed by atoms with E-state index in [0.717, 1.165) is 11.1 Å². The van der Waals surface area contributed by atoms with E-state index in [1.165, 1.54) is 0 Å². The van der Waals surface area contributed by atoms with Crippen LogP contribution < -0.4 is 14.8 Å². The fraction of sp³-hybridized carbons (Fsp3) is 0.278. The number of halogens is 3. The Bertz CT molecular complexity index is 702. The van der Waals surface area contributed by atoms with Crippen LogP contribution >= 0.6 is 34.8 Å². The molecule has 2 aromatic carbocycles. The van der Waals surface area contributed by atoms with Crippen LogP contribution in [0.5, 0.6) is 11.5 Å². The summed E-state index contributed by atoms with van der Waals surface area (Å²) >= 11 is 16.5. The van der Waals surface area contributed by atoms with Crippen LogP contribution in [-0.4, -0.2) is 23.4 Å². The Kier molecular flexibility index (Phi) is 7.24. The van der Waals surface area contributed by atoms with E-state index in [1.54, 1.807) is 7.11 Å². The topological polar surface area (TPSA) is 47.6 Å². The van der Waals surface area contributed by atoms with Gasteiger partial charge in [-0.1, -0.05) is 71.2 Å². The average Bonchev–Trinajstić information content (AvgIpc) is 2.60. The Morgan fingerprint density at radius 1 is 1.04 bits per heavy atom. The van der Waals surface area contributed by atoms with Gasteiger partial charge in [0.2, 0.25) is 0 Å². The molecule has 0 bridgehead atoms. The zero-order chi connectivity index (χ0) is 18.3. The molecule has 2 aromatic rings. The predicted octanol–water partition coefficient (Wildman–Crippen LogP) is 4.30. The van der Waals surface area contributed by atoms with Crippen molar-refractivity contribution in [2.45, 2.75) is 16.8 Å². The number of methoxy groups -OCH3 is 1. The van der Waals surface area contributed by atoms with E-state index >= 15 is 0 Å². The number of alkyl halides is 3. The summed E-state index contributed by atoms with van der Waals surface area (Å²) in [5, 5.41) is 2.57. The molecule has 0 saturated carbocycles. The Hall–Kier alpha value is -1.62. The summed E-state index contributed by atoms with van der Waals surface area (Å²) in [5.41, 5.74) is 2.03. The van der Waals surface area contributed by atoms with Gasteiger partial charge in [0.15, 0.2) is 11.5 Å². The summed E-state index contributed by atoms with van der Waals surface area (Å²) in [6, 6.07) is 15.5. The Morgan fingerprint density at radius 2 is 1.76 bits per heavy atom. The number of hydrogen-bond acceptors (Lipinski definition) is 3. The van der Waals surface area contributed by atoms with Crippen LogP contribution in [-0.2, 0) is 17.8 Å². The van der Waals surface area contributed by atoms with E-state index in [-0.39, 0.29) is 0 Å². The molecule has 25 heavy (non-hydrogen) atoms. The largest absolute Gasteiger partial charge is 0.493 e. The molecule has 1 amide bonds. The van der Waals surface area contributed by atoms with E-state index in [0.29, 0.717) is 31.1 Å². The minimum absolute atomic E-state index is 0.344. The maximum atomic E-state index is 11.5. The average molecular weight is 403 g/mol. The summed E-state index contributed by atoms with van der Waals surface area (Å²) in [6.45, 7) is 0.780. The second-order valence-corrected chi connectivity index (χ2v) is 7.54. The molecule has 2 rings (SSSR count). The van der Waals surface area contributed by atoms with Crippen molar-refractivity contribution >= 4 is 40.7 Å². The molecule has 4 nitrogen and oxygen atoms in total. The van der Waals surface area contributed by atoms with Crippen molar-refractivity contribution in [3.63, 3.8) is 0 Å². The van der Waals surface area contributed by atoms with Crippen LogP contribution in [0.15, 0.2) is 48.5 Å². The first-order chi connectivity index (χ1) is 11.9. The zero-order valence-electron chi connectivity index (χ0n) is 13.6. The van der Waals surface area contributed by atoms with Crippen molar-refractivity contribution in [2.24, 2.45) is 0 Å². The molecule has 0 aliphatic heterocycles. The highest BCUT2D eigenvalue weighted by atomic mass is 35.6. The number of rotatable bonds is 7. The smallest absolute Gasteiger partial charge is 0.272 e. The predicted molar refractivity (Wildman–Crippen MR) is 101 cm³/mol. The number of carbonyl (C=O) groups is 1. The molecule has 0 spiro atoms. The van der Waals surface area contributed by atoms with Crippen molar-refractivity contribution in [1.82, 2.24) is 5.32 Å². The number of nitrogens with one attached hydrogen (secondary N) is 1. The van der Waals surface area contributed by atoms with E-state index in [1.807, 2.05) is 48.5 Å². The summed E-state index contributed by atoms with van der Waals surface area (Å²) < 4.78 is 9.24. The van der Waals surface area contributed by atoms with Crippen molar-refractivity contribution in [2.75, 3.05) is 13.7 Å². The first kappa shape index (κ1) is 19.7. The normalized spacial score (nSPS) is 11.0. The van der Waals surface area contributed by atoms with Gasteiger partial charge in [-0.15, -0.1) is 0 Å². The SMILES string of the molecule is COc1ccc(CCNC(=O)C(Cl)(Cl)Cl)cc1OCc1ccccc1. The maximum absolute atomic E-state index is 11.5.